The van der Waals surface area contributed by atoms with Crippen LogP contribution in [0, 0.1) is 6.92 Å². The van der Waals surface area contributed by atoms with E-state index in [9.17, 15) is 14.4 Å². The summed E-state index contributed by atoms with van der Waals surface area (Å²) in [6.07, 6.45) is 0.781. The predicted molar refractivity (Wildman–Crippen MR) is 115 cm³/mol. The first-order valence-electron chi connectivity index (χ1n) is 9.38. The van der Waals surface area contributed by atoms with Gasteiger partial charge in [0, 0.05) is 23.2 Å². The number of amides is 2. The maximum Gasteiger partial charge on any atom is 0.336 e. The molecule has 2 N–H and O–H groups in total. The number of hydrogen-bond donors (Lipinski definition) is 2. The van der Waals surface area contributed by atoms with Gasteiger partial charge in [-0.1, -0.05) is 36.7 Å². The Balaban J connectivity index is 1.56. The Morgan fingerprint density at radius 3 is 2.67 bits per heavy atom. The molecule has 0 unspecified atom stereocenters. The Hall–Kier alpha value is -3.32. The van der Waals surface area contributed by atoms with Gasteiger partial charge in [-0.05, 0) is 36.6 Å². The van der Waals surface area contributed by atoms with Gasteiger partial charge >= 0.3 is 5.63 Å². The number of carbonyl (C=O) groups is 2. The standard InChI is InChI=1S/C22H21ClN2O5/c1-3-14-6-4-5-7-17(14)25-20(26)11-24-21(27)12-29-19-10-18-15(9-16(19)23)13(2)8-22(28)30-18/h4-10H,3,11-12H2,1-2H3,(H,24,27)(H,25,26). The molecule has 1 aromatic heterocycles. The van der Waals surface area contributed by atoms with Crippen molar-refractivity contribution in [1.29, 1.82) is 0 Å². The minimum Gasteiger partial charge on any atom is -0.482 e. The third-order valence-corrected chi connectivity index (χ3v) is 4.78. The lowest BCUT2D eigenvalue weighted by molar-refractivity contribution is -0.125. The summed E-state index contributed by atoms with van der Waals surface area (Å²) in [6.45, 7) is 3.22. The number of carbonyl (C=O) groups excluding carboxylic acids is 2. The zero-order chi connectivity index (χ0) is 21.7. The molecule has 0 aliphatic heterocycles. The molecule has 3 rings (SSSR count). The monoisotopic (exact) mass is 428 g/mol. The zero-order valence-electron chi connectivity index (χ0n) is 16.6. The highest BCUT2D eigenvalue weighted by Gasteiger charge is 2.12. The van der Waals surface area contributed by atoms with E-state index in [1.54, 1.807) is 13.0 Å². The second kappa shape index (κ2) is 9.45. The lowest BCUT2D eigenvalue weighted by atomic mass is 10.1. The Morgan fingerprint density at radius 1 is 1.13 bits per heavy atom. The van der Waals surface area contributed by atoms with Crippen LogP contribution in [0.1, 0.15) is 18.1 Å². The normalized spacial score (nSPS) is 10.6. The molecule has 0 spiro atoms. The van der Waals surface area contributed by atoms with Crippen LogP contribution in [0.15, 0.2) is 51.7 Å². The van der Waals surface area contributed by atoms with Crippen molar-refractivity contribution < 1.29 is 18.7 Å². The summed E-state index contributed by atoms with van der Waals surface area (Å²) in [6, 6.07) is 11.9. The van der Waals surface area contributed by atoms with Crippen LogP contribution >= 0.6 is 11.6 Å². The third-order valence-electron chi connectivity index (χ3n) is 4.48. The molecular formula is C22H21ClN2O5. The van der Waals surface area contributed by atoms with Crippen LogP contribution in [-0.2, 0) is 16.0 Å². The number of halogens is 1. The number of nitrogens with one attached hydrogen (secondary N) is 2. The molecule has 0 fully saturated rings. The summed E-state index contributed by atoms with van der Waals surface area (Å²) in [5.74, 6) is -0.629. The van der Waals surface area contributed by atoms with Crippen LogP contribution in [-0.4, -0.2) is 25.0 Å². The van der Waals surface area contributed by atoms with Crippen molar-refractivity contribution in [3.8, 4) is 5.75 Å². The summed E-state index contributed by atoms with van der Waals surface area (Å²) < 4.78 is 10.6. The summed E-state index contributed by atoms with van der Waals surface area (Å²) in [4.78, 5) is 35.7. The number of rotatable bonds is 7. The minimum atomic E-state index is -0.490. The van der Waals surface area contributed by atoms with Gasteiger partial charge in [0.1, 0.15) is 11.3 Å². The second-order valence-electron chi connectivity index (χ2n) is 6.65. The average molecular weight is 429 g/mol. The van der Waals surface area contributed by atoms with Crippen molar-refractivity contribution in [2.45, 2.75) is 20.3 Å². The molecule has 0 bridgehead atoms. The Morgan fingerprint density at radius 2 is 1.90 bits per heavy atom. The van der Waals surface area contributed by atoms with Gasteiger partial charge < -0.3 is 19.8 Å². The van der Waals surface area contributed by atoms with Crippen molar-refractivity contribution >= 4 is 40.1 Å². The van der Waals surface area contributed by atoms with Gasteiger partial charge in [-0.2, -0.15) is 0 Å². The molecule has 2 amide bonds. The fraction of sp³-hybridized carbons (Fsp3) is 0.227. The molecule has 0 aliphatic rings. The molecule has 0 radical (unpaired) electrons. The highest BCUT2D eigenvalue weighted by atomic mass is 35.5. The lowest BCUT2D eigenvalue weighted by Gasteiger charge is -2.11. The molecule has 2 aromatic carbocycles. The fourth-order valence-electron chi connectivity index (χ4n) is 2.95. The molecule has 8 heteroatoms. The minimum absolute atomic E-state index is 0.195. The topological polar surface area (TPSA) is 97.6 Å². The number of ether oxygens (including phenoxy) is 1. The van der Waals surface area contributed by atoms with E-state index < -0.39 is 11.5 Å². The highest BCUT2D eigenvalue weighted by molar-refractivity contribution is 6.32. The molecule has 30 heavy (non-hydrogen) atoms. The first-order chi connectivity index (χ1) is 14.4. The van der Waals surface area contributed by atoms with Gasteiger partial charge in [0.25, 0.3) is 5.91 Å². The van der Waals surface area contributed by atoms with E-state index in [2.05, 4.69) is 10.6 Å². The number of aryl methyl sites for hydroxylation is 2. The number of benzene rings is 2. The Bertz CT molecular complexity index is 1160. The first kappa shape index (κ1) is 21.4. The average Bonchev–Trinajstić information content (AvgIpc) is 2.71. The molecular weight excluding hydrogens is 408 g/mol. The van der Waals surface area contributed by atoms with Gasteiger partial charge in [0.2, 0.25) is 5.91 Å². The molecule has 0 aliphatic carbocycles. The fourth-order valence-corrected chi connectivity index (χ4v) is 3.17. The Kier molecular flexibility index (Phi) is 6.74. The van der Waals surface area contributed by atoms with E-state index in [1.807, 2.05) is 31.2 Å². The van der Waals surface area contributed by atoms with E-state index in [-0.39, 0.29) is 29.8 Å². The second-order valence-corrected chi connectivity index (χ2v) is 7.06. The van der Waals surface area contributed by atoms with Gasteiger partial charge in [0.05, 0.1) is 11.6 Å². The van der Waals surface area contributed by atoms with Crippen LogP contribution in [0.4, 0.5) is 5.69 Å². The maximum absolute atomic E-state index is 12.1. The number of para-hydroxylation sites is 1. The smallest absolute Gasteiger partial charge is 0.336 e. The van der Waals surface area contributed by atoms with Crippen LogP contribution in [0.25, 0.3) is 11.0 Å². The highest BCUT2D eigenvalue weighted by Crippen LogP contribution is 2.30. The molecule has 0 saturated heterocycles. The number of fused-ring (bicyclic) bond motifs is 1. The van der Waals surface area contributed by atoms with Gasteiger partial charge in [-0.25, -0.2) is 4.79 Å². The first-order valence-corrected chi connectivity index (χ1v) is 9.76. The Labute approximate surface area is 178 Å². The molecule has 0 atom stereocenters. The predicted octanol–water partition coefficient (Wildman–Crippen LogP) is 3.45. The maximum atomic E-state index is 12.1. The van der Waals surface area contributed by atoms with E-state index in [1.165, 1.54) is 12.1 Å². The van der Waals surface area contributed by atoms with Gasteiger partial charge in [0.15, 0.2) is 6.61 Å². The van der Waals surface area contributed by atoms with Crippen molar-refractivity contribution in [1.82, 2.24) is 5.32 Å². The van der Waals surface area contributed by atoms with Crippen molar-refractivity contribution in [2.75, 3.05) is 18.5 Å². The summed E-state index contributed by atoms with van der Waals surface area (Å²) in [7, 11) is 0. The van der Waals surface area contributed by atoms with Crippen LogP contribution < -0.4 is 21.0 Å². The molecule has 7 nitrogen and oxygen atoms in total. The lowest BCUT2D eigenvalue weighted by Crippen LogP contribution is -2.35. The van der Waals surface area contributed by atoms with Gasteiger partial charge in [-0.15, -0.1) is 0 Å². The van der Waals surface area contributed by atoms with E-state index >= 15 is 0 Å². The SMILES string of the molecule is CCc1ccccc1NC(=O)CNC(=O)COc1cc2oc(=O)cc(C)c2cc1Cl. The van der Waals surface area contributed by atoms with Crippen LogP contribution in [0.5, 0.6) is 5.75 Å². The van der Waals surface area contributed by atoms with Crippen LogP contribution in [0.2, 0.25) is 5.02 Å². The molecule has 0 saturated carbocycles. The van der Waals surface area contributed by atoms with E-state index in [0.29, 0.717) is 11.0 Å². The van der Waals surface area contributed by atoms with Crippen molar-refractivity contribution in [3.05, 3.63) is 69.0 Å². The van der Waals surface area contributed by atoms with E-state index in [4.69, 9.17) is 20.8 Å². The van der Waals surface area contributed by atoms with E-state index in [0.717, 1.165) is 23.2 Å². The van der Waals surface area contributed by atoms with Crippen molar-refractivity contribution in [2.24, 2.45) is 0 Å². The van der Waals surface area contributed by atoms with Crippen LogP contribution in [0.3, 0.4) is 0 Å². The molecule has 1 heterocycles. The van der Waals surface area contributed by atoms with Crippen molar-refractivity contribution in [3.63, 3.8) is 0 Å². The quantitative estimate of drug-likeness (QED) is 0.562. The third kappa shape index (κ3) is 5.18. The number of anilines is 1. The zero-order valence-corrected chi connectivity index (χ0v) is 17.3. The largest absolute Gasteiger partial charge is 0.482 e. The number of hydrogen-bond acceptors (Lipinski definition) is 5. The van der Waals surface area contributed by atoms with Gasteiger partial charge in [-0.3, -0.25) is 9.59 Å². The summed E-state index contributed by atoms with van der Waals surface area (Å²) >= 11 is 6.20. The summed E-state index contributed by atoms with van der Waals surface area (Å²) in [5.41, 5.74) is 2.28. The summed E-state index contributed by atoms with van der Waals surface area (Å²) in [5, 5.41) is 6.23. The molecule has 3 aromatic rings. The molecule has 156 valence electrons.